The molecule has 2 amide bonds. The molecular formula is C35H36ClF6N9O9. The lowest BCUT2D eigenvalue weighted by Crippen LogP contribution is -2.32. The number of carbonyl (C=O) groups excluding carboxylic acids is 3. The number of carbonyl (C=O) groups is 5. The Kier molecular flexibility index (Phi) is 16.9. The number of H-pyrrole nitrogens is 1. The molecule has 4 aromatic rings. The first kappa shape index (κ1) is 47.7. The second-order valence-corrected chi connectivity index (χ2v) is 12.6. The molecule has 6 N–H and O–H groups in total. The van der Waals surface area contributed by atoms with Crippen LogP contribution in [0.3, 0.4) is 0 Å². The first-order valence-electron chi connectivity index (χ1n) is 17.2. The third-order valence-corrected chi connectivity index (χ3v) is 8.11. The van der Waals surface area contributed by atoms with E-state index >= 15 is 0 Å². The van der Waals surface area contributed by atoms with Crippen LogP contribution >= 0.6 is 11.6 Å². The number of hydrogen-bond donors (Lipinski definition) is 6. The van der Waals surface area contributed by atoms with Gasteiger partial charge in [0.1, 0.15) is 18.2 Å². The maximum atomic E-state index is 13.3. The van der Waals surface area contributed by atoms with Gasteiger partial charge in [-0.2, -0.15) is 31.0 Å². The van der Waals surface area contributed by atoms with Crippen LogP contribution in [0.1, 0.15) is 55.7 Å². The monoisotopic (exact) mass is 875 g/mol. The van der Waals surface area contributed by atoms with Crippen molar-refractivity contribution in [3.05, 3.63) is 70.9 Å². The third kappa shape index (κ3) is 14.3. The fourth-order valence-corrected chi connectivity index (χ4v) is 5.39. The molecule has 2 bridgehead atoms. The van der Waals surface area contributed by atoms with Crippen LogP contribution in [0, 0.1) is 6.92 Å². The van der Waals surface area contributed by atoms with Crippen molar-refractivity contribution in [2.45, 2.75) is 64.0 Å². The van der Waals surface area contributed by atoms with Gasteiger partial charge in [0.05, 0.1) is 31.1 Å². The fourth-order valence-electron chi connectivity index (χ4n) is 5.21. The maximum absolute atomic E-state index is 13.3. The number of aromatic amines is 1. The van der Waals surface area contributed by atoms with E-state index in [0.29, 0.717) is 70.4 Å². The number of amides is 2. The highest BCUT2D eigenvalue weighted by Crippen LogP contribution is 2.35. The Balaban J connectivity index is 0.000000589. The normalized spacial score (nSPS) is 15.2. The molecule has 0 spiro atoms. The number of anilines is 2. The number of ether oxygens (including phenoxy) is 2. The second-order valence-electron chi connectivity index (χ2n) is 12.2. The van der Waals surface area contributed by atoms with Crippen LogP contribution < -0.4 is 16.0 Å². The summed E-state index contributed by atoms with van der Waals surface area (Å²) in [4.78, 5) is 64.2. The fraction of sp³-hybridized carbons (Fsp3) is 0.343. The molecule has 2 aromatic carbocycles. The SMILES string of the molecule is CCOC(=O)[C@@H]1CCCC[C@H](NC(=O)/C=C/c2cc(Cl)ccc2-n2cnnn2)c2nc(c(C)[nH]2)-c2ccc(NC(=O)OC)cc2N1.O=C(O)C(F)(F)F.O=C(O)C(F)(F)F. The minimum atomic E-state index is -5.08. The summed E-state index contributed by atoms with van der Waals surface area (Å²) < 4.78 is 75.1. The van der Waals surface area contributed by atoms with Crippen molar-refractivity contribution in [2.24, 2.45) is 0 Å². The third-order valence-electron chi connectivity index (χ3n) is 7.88. The molecule has 0 aliphatic carbocycles. The highest BCUT2D eigenvalue weighted by atomic mass is 35.5. The van der Waals surface area contributed by atoms with Crippen molar-refractivity contribution in [1.29, 1.82) is 0 Å². The van der Waals surface area contributed by atoms with E-state index < -0.39 is 42.5 Å². The van der Waals surface area contributed by atoms with Gasteiger partial charge in [-0.25, -0.2) is 24.2 Å². The lowest BCUT2D eigenvalue weighted by atomic mass is 10.0. The van der Waals surface area contributed by atoms with Crippen LogP contribution in [-0.4, -0.2) is 102 Å². The Bertz CT molecular complexity index is 2140. The number of imidazole rings is 1. The number of methoxy groups -OCH3 is 1. The first-order chi connectivity index (χ1) is 28.1. The van der Waals surface area contributed by atoms with Crippen LogP contribution in [0.2, 0.25) is 5.02 Å². The number of rotatable bonds is 7. The van der Waals surface area contributed by atoms with Crippen molar-refractivity contribution in [2.75, 3.05) is 24.4 Å². The van der Waals surface area contributed by atoms with Crippen molar-refractivity contribution in [3.63, 3.8) is 0 Å². The van der Waals surface area contributed by atoms with E-state index in [4.69, 9.17) is 45.9 Å². The molecule has 0 radical (unpaired) electrons. The largest absolute Gasteiger partial charge is 0.490 e. The van der Waals surface area contributed by atoms with Crippen LogP contribution in [0.4, 0.5) is 42.5 Å². The Morgan fingerprint density at radius 1 is 1.00 bits per heavy atom. The van der Waals surface area contributed by atoms with Gasteiger partial charge in [-0.15, -0.1) is 5.10 Å². The van der Waals surface area contributed by atoms with Crippen molar-refractivity contribution in [3.8, 4) is 16.9 Å². The molecule has 0 unspecified atom stereocenters. The van der Waals surface area contributed by atoms with E-state index in [2.05, 4.69) is 36.5 Å². The quantitative estimate of drug-likeness (QED) is 0.0683. The summed E-state index contributed by atoms with van der Waals surface area (Å²) in [5.74, 6) is -5.63. The predicted octanol–water partition coefficient (Wildman–Crippen LogP) is 6.25. The predicted molar refractivity (Wildman–Crippen MR) is 199 cm³/mol. The molecule has 1 aliphatic rings. The number of aryl methyl sites for hydroxylation is 1. The Morgan fingerprint density at radius 2 is 1.65 bits per heavy atom. The van der Waals surface area contributed by atoms with Crippen LogP contribution in [0.15, 0.2) is 48.8 Å². The van der Waals surface area contributed by atoms with Crippen LogP contribution in [0.25, 0.3) is 23.0 Å². The number of nitrogens with one attached hydrogen (secondary N) is 4. The van der Waals surface area contributed by atoms with Gasteiger partial charge in [0.2, 0.25) is 5.91 Å². The van der Waals surface area contributed by atoms with E-state index in [1.54, 1.807) is 49.4 Å². The van der Waals surface area contributed by atoms with Gasteiger partial charge >= 0.3 is 36.4 Å². The van der Waals surface area contributed by atoms with Gasteiger partial charge in [0, 0.05) is 39.3 Å². The van der Waals surface area contributed by atoms with Crippen LogP contribution in [-0.2, 0) is 28.7 Å². The van der Waals surface area contributed by atoms with Gasteiger partial charge in [-0.3, -0.25) is 10.1 Å². The van der Waals surface area contributed by atoms with E-state index in [9.17, 15) is 40.7 Å². The highest BCUT2D eigenvalue weighted by molar-refractivity contribution is 6.30. The average molecular weight is 876 g/mol. The lowest BCUT2D eigenvalue weighted by Gasteiger charge is -2.22. The number of aromatic nitrogens is 6. The summed E-state index contributed by atoms with van der Waals surface area (Å²) >= 11 is 6.23. The smallest absolute Gasteiger partial charge is 0.475 e. The number of nitrogens with zero attached hydrogens (tertiary/aromatic N) is 5. The van der Waals surface area contributed by atoms with E-state index in [1.165, 1.54) is 24.2 Å². The van der Waals surface area contributed by atoms with Crippen molar-refractivity contribution >= 4 is 59.0 Å². The summed E-state index contributed by atoms with van der Waals surface area (Å²) in [5.41, 5.74) is 4.46. The molecule has 324 valence electrons. The van der Waals surface area contributed by atoms with Gasteiger partial charge < -0.3 is 35.3 Å². The van der Waals surface area contributed by atoms with Crippen LogP contribution in [0.5, 0.6) is 0 Å². The van der Waals surface area contributed by atoms with Crippen molar-refractivity contribution < 1.29 is 70.0 Å². The van der Waals surface area contributed by atoms with E-state index in [-0.39, 0.29) is 18.5 Å². The number of alkyl halides is 6. The highest BCUT2D eigenvalue weighted by Gasteiger charge is 2.39. The molecule has 3 heterocycles. The lowest BCUT2D eigenvalue weighted by molar-refractivity contribution is -0.193. The Hall–Kier alpha value is -6.72. The number of tetrazole rings is 1. The zero-order valence-corrected chi connectivity index (χ0v) is 32.3. The number of aliphatic carboxylic acids is 2. The van der Waals surface area contributed by atoms with E-state index in [1.807, 2.05) is 6.92 Å². The second kappa shape index (κ2) is 21.3. The molecule has 25 heteroatoms. The Labute approximate surface area is 340 Å². The number of fused-ring (bicyclic) bond motifs is 4. The summed E-state index contributed by atoms with van der Waals surface area (Å²) in [6, 6.07) is 9.36. The zero-order chi connectivity index (χ0) is 44.8. The molecule has 0 saturated heterocycles. The minimum absolute atomic E-state index is 0.240. The average Bonchev–Trinajstić information content (AvgIpc) is 3.84. The van der Waals surface area contributed by atoms with Gasteiger partial charge in [0.15, 0.2) is 0 Å². The molecular weight excluding hydrogens is 840 g/mol. The van der Waals surface area contributed by atoms with E-state index in [0.717, 1.165) is 5.69 Å². The number of benzene rings is 2. The van der Waals surface area contributed by atoms with Crippen molar-refractivity contribution in [1.82, 2.24) is 35.5 Å². The molecule has 0 saturated carbocycles. The number of halogens is 7. The maximum Gasteiger partial charge on any atom is 0.490 e. The summed E-state index contributed by atoms with van der Waals surface area (Å²) in [6.07, 6.45) is -3.84. The summed E-state index contributed by atoms with van der Waals surface area (Å²) in [6.45, 7) is 3.88. The van der Waals surface area contributed by atoms with Gasteiger partial charge in [-0.1, -0.05) is 24.4 Å². The minimum Gasteiger partial charge on any atom is -0.475 e. The van der Waals surface area contributed by atoms with Gasteiger partial charge in [0.25, 0.3) is 0 Å². The Morgan fingerprint density at radius 3 is 2.23 bits per heavy atom. The number of carboxylic acid groups (broad SMARTS) is 2. The number of hydrogen-bond acceptors (Lipinski definition) is 12. The summed E-state index contributed by atoms with van der Waals surface area (Å²) in [7, 11) is 1.28. The molecule has 0 fully saturated rings. The van der Waals surface area contributed by atoms with Gasteiger partial charge in [-0.05, 0) is 79.6 Å². The molecule has 2 atom stereocenters. The topological polar surface area (TPSA) is 253 Å². The standard InChI is InChI=1S/C31H34ClN9O5.2C2HF3O2/c1-4-46-30(43)24-8-6-5-7-23(37-27(42)14-9-19-15-20(32)10-13-26(19)41-17-33-39-40-41)29-34-18(2)28(38-29)22-12-11-21(16-25(22)36-24)35-31(44)45-3;2*3-2(4,5)1(6)7/h9-17,23-24,36H,4-8H2,1-3H3,(H,34,38)(H,35,44)(H,37,42);2*(H,6,7)/b14-9+;;/t23-,24-;;/m0../s1. The zero-order valence-electron chi connectivity index (χ0n) is 31.5. The summed E-state index contributed by atoms with van der Waals surface area (Å²) in [5, 5.41) is 35.1. The first-order valence-corrected chi connectivity index (χ1v) is 17.6. The molecule has 5 rings (SSSR count). The number of esters is 1. The molecule has 1 aliphatic heterocycles. The number of carboxylic acids is 2. The molecule has 18 nitrogen and oxygen atoms in total. The molecule has 2 aromatic heterocycles. The molecule has 60 heavy (non-hydrogen) atoms.